The normalized spacial score (nSPS) is 12.6. The molecule has 1 N–H and O–H groups in total. The van der Waals surface area contributed by atoms with E-state index in [-0.39, 0.29) is 0 Å². The number of rotatable bonds is 5. The van der Waals surface area contributed by atoms with Crippen molar-refractivity contribution in [1.82, 2.24) is 15.1 Å². The zero-order valence-corrected chi connectivity index (χ0v) is 12.3. The number of benzene rings is 1. The van der Waals surface area contributed by atoms with E-state index in [2.05, 4.69) is 55.5 Å². The molecular formula is C16H23N3. The van der Waals surface area contributed by atoms with Crippen molar-refractivity contribution in [3.05, 3.63) is 41.7 Å². The van der Waals surface area contributed by atoms with Crippen LogP contribution >= 0.6 is 0 Å². The molecule has 1 aromatic carbocycles. The van der Waals surface area contributed by atoms with Crippen molar-refractivity contribution in [3.8, 4) is 11.1 Å². The first-order valence-corrected chi connectivity index (χ1v) is 7.01. The second kappa shape index (κ2) is 6.02. The summed E-state index contributed by atoms with van der Waals surface area (Å²) < 4.78 is 2.04. The number of aromatic nitrogens is 2. The molecule has 0 saturated heterocycles. The van der Waals surface area contributed by atoms with Gasteiger partial charge in [0.2, 0.25) is 0 Å². The van der Waals surface area contributed by atoms with Gasteiger partial charge in [0.15, 0.2) is 0 Å². The van der Waals surface area contributed by atoms with Crippen molar-refractivity contribution in [2.75, 3.05) is 7.05 Å². The maximum absolute atomic E-state index is 4.43. The third-order valence-corrected chi connectivity index (χ3v) is 3.76. The van der Waals surface area contributed by atoms with Gasteiger partial charge in [0, 0.05) is 23.8 Å². The number of hydrogen-bond donors (Lipinski definition) is 1. The van der Waals surface area contributed by atoms with Crippen LogP contribution < -0.4 is 5.32 Å². The largest absolute Gasteiger partial charge is 0.313 e. The van der Waals surface area contributed by atoms with Crippen LogP contribution in [0.1, 0.15) is 37.6 Å². The first kappa shape index (κ1) is 13.8. The summed E-state index contributed by atoms with van der Waals surface area (Å²) in [6.07, 6.45) is 3.06. The summed E-state index contributed by atoms with van der Waals surface area (Å²) in [5.41, 5.74) is 5.06. The number of aryl methyl sites for hydroxylation is 1. The second-order valence-electron chi connectivity index (χ2n) is 4.83. The second-order valence-corrected chi connectivity index (χ2v) is 4.83. The standard InChI is InChI=1S/C16H23N3/c1-5-16(17-4)14-9-7-8-13(10-14)15-11-18-19(6-2)12(15)3/h7-11,16-17H,5-6H2,1-4H3. The average molecular weight is 257 g/mol. The van der Waals surface area contributed by atoms with Crippen LogP contribution in [-0.2, 0) is 6.54 Å². The first-order chi connectivity index (χ1) is 9.21. The molecule has 3 nitrogen and oxygen atoms in total. The Bertz CT molecular complexity index is 539. The molecule has 0 aliphatic carbocycles. The highest BCUT2D eigenvalue weighted by atomic mass is 15.3. The molecule has 19 heavy (non-hydrogen) atoms. The van der Waals surface area contributed by atoms with E-state index in [1.807, 2.05) is 17.9 Å². The molecule has 1 atom stereocenters. The summed E-state index contributed by atoms with van der Waals surface area (Å²) in [6.45, 7) is 7.37. The molecule has 3 heteroatoms. The SMILES string of the molecule is CCC(NC)c1cccc(-c2cnn(CC)c2C)c1. The van der Waals surface area contributed by atoms with Crippen LogP contribution in [0.25, 0.3) is 11.1 Å². The third kappa shape index (κ3) is 2.71. The van der Waals surface area contributed by atoms with E-state index < -0.39 is 0 Å². The van der Waals surface area contributed by atoms with Gasteiger partial charge in [-0.2, -0.15) is 5.10 Å². The van der Waals surface area contributed by atoms with Crippen LogP contribution in [0.3, 0.4) is 0 Å². The minimum atomic E-state index is 0.418. The van der Waals surface area contributed by atoms with Crippen molar-refractivity contribution >= 4 is 0 Å². The summed E-state index contributed by atoms with van der Waals surface area (Å²) in [6, 6.07) is 9.17. The van der Waals surface area contributed by atoms with Crippen molar-refractivity contribution < 1.29 is 0 Å². The fourth-order valence-electron chi connectivity index (χ4n) is 2.58. The van der Waals surface area contributed by atoms with Gasteiger partial charge in [-0.3, -0.25) is 4.68 Å². The van der Waals surface area contributed by atoms with Crippen molar-refractivity contribution in [1.29, 1.82) is 0 Å². The molecule has 0 radical (unpaired) electrons. The maximum atomic E-state index is 4.43. The fourth-order valence-corrected chi connectivity index (χ4v) is 2.58. The summed E-state index contributed by atoms with van der Waals surface area (Å²) in [7, 11) is 2.02. The Morgan fingerprint density at radius 3 is 2.68 bits per heavy atom. The van der Waals surface area contributed by atoms with Gasteiger partial charge in [-0.25, -0.2) is 0 Å². The molecule has 0 saturated carbocycles. The third-order valence-electron chi connectivity index (χ3n) is 3.76. The lowest BCUT2D eigenvalue weighted by Gasteiger charge is -2.15. The van der Waals surface area contributed by atoms with Gasteiger partial charge in [0.25, 0.3) is 0 Å². The minimum absolute atomic E-state index is 0.418. The number of nitrogens with one attached hydrogen (secondary N) is 1. The van der Waals surface area contributed by atoms with Crippen LogP contribution in [0.5, 0.6) is 0 Å². The monoisotopic (exact) mass is 257 g/mol. The zero-order chi connectivity index (χ0) is 13.8. The predicted octanol–water partition coefficient (Wildman–Crippen LogP) is 3.55. The van der Waals surface area contributed by atoms with Crippen LogP contribution in [0.15, 0.2) is 30.5 Å². The summed E-state index contributed by atoms with van der Waals surface area (Å²) in [5.74, 6) is 0. The van der Waals surface area contributed by atoms with Crippen molar-refractivity contribution in [2.45, 2.75) is 39.8 Å². The van der Waals surface area contributed by atoms with E-state index in [9.17, 15) is 0 Å². The van der Waals surface area contributed by atoms with E-state index in [1.54, 1.807) is 0 Å². The quantitative estimate of drug-likeness (QED) is 0.887. The Morgan fingerprint density at radius 2 is 2.11 bits per heavy atom. The van der Waals surface area contributed by atoms with E-state index in [4.69, 9.17) is 0 Å². The van der Waals surface area contributed by atoms with Gasteiger partial charge in [0.1, 0.15) is 0 Å². The topological polar surface area (TPSA) is 29.9 Å². The molecule has 1 unspecified atom stereocenters. The van der Waals surface area contributed by atoms with Gasteiger partial charge >= 0.3 is 0 Å². The molecule has 0 amide bonds. The highest BCUT2D eigenvalue weighted by molar-refractivity contribution is 5.66. The summed E-state index contributed by atoms with van der Waals surface area (Å²) in [4.78, 5) is 0. The molecule has 0 fully saturated rings. The smallest absolute Gasteiger partial charge is 0.0571 e. The Morgan fingerprint density at radius 1 is 1.32 bits per heavy atom. The van der Waals surface area contributed by atoms with Crippen molar-refractivity contribution in [2.24, 2.45) is 0 Å². The molecule has 2 rings (SSSR count). The van der Waals surface area contributed by atoms with Gasteiger partial charge in [-0.1, -0.05) is 25.1 Å². The van der Waals surface area contributed by atoms with E-state index >= 15 is 0 Å². The molecule has 0 aliphatic rings. The van der Waals surface area contributed by atoms with Crippen LogP contribution in [0.4, 0.5) is 0 Å². The van der Waals surface area contributed by atoms with Gasteiger partial charge in [-0.15, -0.1) is 0 Å². The van der Waals surface area contributed by atoms with E-state index in [0.717, 1.165) is 13.0 Å². The molecule has 2 aromatic rings. The molecule has 102 valence electrons. The van der Waals surface area contributed by atoms with Gasteiger partial charge < -0.3 is 5.32 Å². The average Bonchev–Trinajstić information content (AvgIpc) is 2.81. The summed E-state index contributed by atoms with van der Waals surface area (Å²) >= 11 is 0. The Balaban J connectivity index is 2.40. The molecule has 0 bridgehead atoms. The molecule has 1 aromatic heterocycles. The fraction of sp³-hybridized carbons (Fsp3) is 0.438. The zero-order valence-electron chi connectivity index (χ0n) is 12.3. The van der Waals surface area contributed by atoms with Crippen molar-refractivity contribution in [3.63, 3.8) is 0 Å². The molecular weight excluding hydrogens is 234 g/mol. The minimum Gasteiger partial charge on any atom is -0.313 e. The van der Waals surface area contributed by atoms with Gasteiger partial charge in [-0.05, 0) is 44.5 Å². The molecule has 1 heterocycles. The van der Waals surface area contributed by atoms with E-state index in [1.165, 1.54) is 22.4 Å². The Hall–Kier alpha value is -1.61. The lowest BCUT2D eigenvalue weighted by molar-refractivity contribution is 0.577. The van der Waals surface area contributed by atoms with Gasteiger partial charge in [0.05, 0.1) is 6.20 Å². The predicted molar refractivity (Wildman–Crippen MR) is 80.2 cm³/mol. The lowest BCUT2D eigenvalue weighted by atomic mass is 9.99. The van der Waals surface area contributed by atoms with Crippen LogP contribution in [0.2, 0.25) is 0 Å². The number of hydrogen-bond acceptors (Lipinski definition) is 2. The highest BCUT2D eigenvalue weighted by Gasteiger charge is 2.11. The number of nitrogens with zero attached hydrogens (tertiary/aromatic N) is 2. The lowest BCUT2D eigenvalue weighted by Crippen LogP contribution is -2.15. The first-order valence-electron chi connectivity index (χ1n) is 7.01. The van der Waals surface area contributed by atoms with Crippen LogP contribution in [0, 0.1) is 6.92 Å². The van der Waals surface area contributed by atoms with Crippen LogP contribution in [-0.4, -0.2) is 16.8 Å². The Kier molecular flexibility index (Phi) is 4.38. The summed E-state index contributed by atoms with van der Waals surface area (Å²) in [5, 5.41) is 7.78. The highest BCUT2D eigenvalue weighted by Crippen LogP contribution is 2.26. The Labute approximate surface area is 115 Å². The molecule has 0 spiro atoms. The van der Waals surface area contributed by atoms with E-state index in [0.29, 0.717) is 6.04 Å². The molecule has 0 aliphatic heterocycles. The maximum Gasteiger partial charge on any atom is 0.0571 e.